The molecule has 1 aliphatic heterocycles. The number of rotatable bonds is 4. The number of hydrogen-bond donors (Lipinski definition) is 0. The molecule has 0 aliphatic carbocycles. The second-order valence-electron chi connectivity index (χ2n) is 7.30. The van der Waals surface area contributed by atoms with Crippen molar-refractivity contribution in [2.75, 3.05) is 27.2 Å². The van der Waals surface area contributed by atoms with Gasteiger partial charge in [0, 0.05) is 45.0 Å². The molecule has 1 aliphatic rings. The van der Waals surface area contributed by atoms with Crippen LogP contribution in [0.2, 0.25) is 0 Å². The number of thiophene rings is 1. The molecule has 3 aromatic rings. The zero-order valence-corrected chi connectivity index (χ0v) is 16.6. The SMILES string of the molecule is CN(C)C(=O)c1sc2ncccc2c1[C@H]1CCCN(Cc2ccccn2)C1. The van der Waals surface area contributed by atoms with Crippen LogP contribution in [0.25, 0.3) is 10.2 Å². The summed E-state index contributed by atoms with van der Waals surface area (Å²) in [5.41, 5.74) is 2.28. The minimum Gasteiger partial charge on any atom is -0.344 e. The molecule has 140 valence electrons. The van der Waals surface area contributed by atoms with Crippen LogP contribution in [0.1, 0.15) is 39.7 Å². The number of carbonyl (C=O) groups is 1. The first kappa shape index (κ1) is 18.1. The van der Waals surface area contributed by atoms with Crippen LogP contribution in [0, 0.1) is 0 Å². The molecular weight excluding hydrogens is 356 g/mol. The van der Waals surface area contributed by atoms with E-state index in [2.05, 4.69) is 27.0 Å². The van der Waals surface area contributed by atoms with Crippen molar-refractivity contribution in [3.05, 3.63) is 58.9 Å². The summed E-state index contributed by atoms with van der Waals surface area (Å²) < 4.78 is 0. The third-order valence-electron chi connectivity index (χ3n) is 5.13. The van der Waals surface area contributed by atoms with Gasteiger partial charge in [-0.25, -0.2) is 4.98 Å². The Morgan fingerprint density at radius 3 is 2.85 bits per heavy atom. The summed E-state index contributed by atoms with van der Waals surface area (Å²) in [5, 5.41) is 1.14. The van der Waals surface area contributed by atoms with Crippen LogP contribution in [0.15, 0.2) is 42.7 Å². The van der Waals surface area contributed by atoms with Gasteiger partial charge >= 0.3 is 0 Å². The van der Waals surface area contributed by atoms with Crippen LogP contribution >= 0.6 is 11.3 Å². The summed E-state index contributed by atoms with van der Waals surface area (Å²) in [5.74, 6) is 0.425. The molecular formula is C21H24N4OS. The fraction of sp³-hybridized carbons (Fsp3) is 0.381. The summed E-state index contributed by atoms with van der Waals surface area (Å²) in [6.07, 6.45) is 5.89. The summed E-state index contributed by atoms with van der Waals surface area (Å²) in [4.78, 5) is 27.7. The zero-order valence-electron chi connectivity index (χ0n) is 15.8. The summed E-state index contributed by atoms with van der Waals surface area (Å²) in [7, 11) is 3.64. The van der Waals surface area contributed by atoms with E-state index in [9.17, 15) is 4.79 Å². The van der Waals surface area contributed by atoms with Crippen LogP contribution in [0.3, 0.4) is 0 Å². The number of likely N-dealkylation sites (tertiary alicyclic amines) is 1. The standard InChI is InChI=1S/C21H24N4OS/c1-24(2)21(26)19-18(17-9-5-11-23-20(17)27-19)15-7-6-12-25(13-15)14-16-8-3-4-10-22-16/h3-5,8-11,15H,6-7,12-14H2,1-2H3/t15-/m0/s1. The first-order valence-electron chi connectivity index (χ1n) is 9.35. The highest BCUT2D eigenvalue weighted by atomic mass is 32.1. The van der Waals surface area contributed by atoms with E-state index in [1.165, 1.54) is 16.9 Å². The van der Waals surface area contributed by atoms with Crippen molar-refractivity contribution in [1.82, 2.24) is 19.8 Å². The van der Waals surface area contributed by atoms with Crippen molar-refractivity contribution in [3.63, 3.8) is 0 Å². The zero-order chi connectivity index (χ0) is 18.8. The van der Waals surface area contributed by atoms with Gasteiger partial charge in [0.15, 0.2) is 0 Å². The Morgan fingerprint density at radius 1 is 1.22 bits per heavy atom. The van der Waals surface area contributed by atoms with Crippen LogP contribution in [0.4, 0.5) is 0 Å². The molecule has 1 saturated heterocycles. The normalized spacial score (nSPS) is 17.9. The number of aromatic nitrogens is 2. The van der Waals surface area contributed by atoms with E-state index in [-0.39, 0.29) is 5.91 Å². The first-order valence-corrected chi connectivity index (χ1v) is 10.2. The largest absolute Gasteiger partial charge is 0.344 e. The molecule has 5 nitrogen and oxygen atoms in total. The van der Waals surface area contributed by atoms with Crippen molar-refractivity contribution in [2.24, 2.45) is 0 Å². The third kappa shape index (κ3) is 3.73. The van der Waals surface area contributed by atoms with Gasteiger partial charge in [0.2, 0.25) is 0 Å². The van der Waals surface area contributed by atoms with Gasteiger partial charge in [-0.3, -0.25) is 14.7 Å². The van der Waals surface area contributed by atoms with E-state index in [1.807, 2.05) is 38.5 Å². The maximum Gasteiger partial charge on any atom is 0.263 e. The van der Waals surface area contributed by atoms with E-state index in [0.717, 1.165) is 53.3 Å². The lowest BCUT2D eigenvalue weighted by atomic mass is 9.88. The number of carbonyl (C=O) groups excluding carboxylic acids is 1. The smallest absolute Gasteiger partial charge is 0.263 e. The van der Waals surface area contributed by atoms with E-state index in [4.69, 9.17) is 0 Å². The molecule has 1 atom stereocenters. The summed E-state index contributed by atoms with van der Waals surface area (Å²) in [6.45, 7) is 2.88. The molecule has 0 spiro atoms. The molecule has 27 heavy (non-hydrogen) atoms. The lowest BCUT2D eigenvalue weighted by molar-refractivity contribution is 0.0830. The number of pyridine rings is 2. The Hall–Kier alpha value is -2.31. The van der Waals surface area contributed by atoms with Gasteiger partial charge in [0.25, 0.3) is 5.91 Å². The van der Waals surface area contributed by atoms with E-state index in [0.29, 0.717) is 5.92 Å². The highest BCUT2D eigenvalue weighted by Crippen LogP contribution is 2.39. The minimum absolute atomic E-state index is 0.0786. The van der Waals surface area contributed by atoms with Gasteiger partial charge in [-0.1, -0.05) is 12.1 Å². The highest BCUT2D eigenvalue weighted by Gasteiger charge is 2.29. The Morgan fingerprint density at radius 2 is 2.07 bits per heavy atom. The van der Waals surface area contributed by atoms with Gasteiger partial charge in [0.05, 0.1) is 10.6 Å². The van der Waals surface area contributed by atoms with Gasteiger partial charge in [-0.15, -0.1) is 11.3 Å². The second-order valence-corrected chi connectivity index (χ2v) is 8.29. The lowest BCUT2D eigenvalue weighted by Gasteiger charge is -2.33. The minimum atomic E-state index is 0.0786. The Labute approximate surface area is 163 Å². The number of fused-ring (bicyclic) bond motifs is 1. The topological polar surface area (TPSA) is 49.3 Å². The Kier molecular flexibility index (Phi) is 5.18. The maximum absolute atomic E-state index is 12.8. The van der Waals surface area contributed by atoms with Crippen molar-refractivity contribution >= 4 is 27.5 Å². The van der Waals surface area contributed by atoms with Crippen LogP contribution in [0.5, 0.6) is 0 Å². The average molecular weight is 381 g/mol. The van der Waals surface area contributed by atoms with Gasteiger partial charge in [0.1, 0.15) is 4.83 Å². The maximum atomic E-state index is 12.8. The molecule has 0 N–H and O–H groups in total. The average Bonchev–Trinajstić information content (AvgIpc) is 3.07. The van der Waals surface area contributed by atoms with Crippen molar-refractivity contribution in [2.45, 2.75) is 25.3 Å². The molecule has 3 aromatic heterocycles. The fourth-order valence-electron chi connectivity index (χ4n) is 3.87. The number of nitrogens with zero attached hydrogens (tertiary/aromatic N) is 4. The molecule has 1 fully saturated rings. The predicted molar refractivity (Wildman–Crippen MR) is 109 cm³/mol. The van der Waals surface area contributed by atoms with E-state index >= 15 is 0 Å². The van der Waals surface area contributed by atoms with Crippen molar-refractivity contribution < 1.29 is 4.79 Å². The first-order chi connectivity index (χ1) is 13.1. The molecule has 1 amide bonds. The van der Waals surface area contributed by atoms with Crippen LogP contribution < -0.4 is 0 Å². The molecule has 0 aromatic carbocycles. The number of amides is 1. The van der Waals surface area contributed by atoms with Crippen molar-refractivity contribution in [1.29, 1.82) is 0 Å². The molecule has 4 rings (SSSR count). The predicted octanol–water partition coefficient (Wildman–Crippen LogP) is 3.77. The lowest BCUT2D eigenvalue weighted by Crippen LogP contribution is -2.34. The number of hydrogen-bond acceptors (Lipinski definition) is 5. The highest BCUT2D eigenvalue weighted by molar-refractivity contribution is 7.20. The second kappa shape index (κ2) is 7.74. The summed E-state index contributed by atoms with van der Waals surface area (Å²) in [6, 6.07) is 10.1. The molecule has 0 bridgehead atoms. The fourth-order valence-corrected chi connectivity index (χ4v) is 5.13. The van der Waals surface area contributed by atoms with Gasteiger partial charge < -0.3 is 4.90 Å². The summed E-state index contributed by atoms with van der Waals surface area (Å²) >= 11 is 1.53. The monoisotopic (exact) mass is 380 g/mol. The van der Waals surface area contributed by atoms with E-state index in [1.54, 1.807) is 11.1 Å². The van der Waals surface area contributed by atoms with Crippen LogP contribution in [-0.2, 0) is 6.54 Å². The molecule has 0 saturated carbocycles. The molecule has 0 radical (unpaired) electrons. The Balaban J connectivity index is 1.66. The number of piperidine rings is 1. The van der Waals surface area contributed by atoms with Gasteiger partial charge in [-0.05, 0) is 49.1 Å². The van der Waals surface area contributed by atoms with Crippen molar-refractivity contribution in [3.8, 4) is 0 Å². The third-order valence-corrected chi connectivity index (χ3v) is 6.25. The van der Waals surface area contributed by atoms with Crippen LogP contribution in [-0.4, -0.2) is 52.9 Å². The quantitative estimate of drug-likeness (QED) is 0.691. The van der Waals surface area contributed by atoms with Gasteiger partial charge in [-0.2, -0.15) is 0 Å². The van der Waals surface area contributed by atoms with E-state index < -0.39 is 0 Å². The molecule has 4 heterocycles. The Bertz CT molecular complexity index is 938. The molecule has 0 unspecified atom stereocenters. The molecule has 6 heteroatoms.